The third kappa shape index (κ3) is 2.97. The fourth-order valence-electron chi connectivity index (χ4n) is 1.79. The summed E-state index contributed by atoms with van der Waals surface area (Å²) in [6, 6.07) is 8.35. The summed E-state index contributed by atoms with van der Waals surface area (Å²) in [5.41, 5.74) is 1.22. The minimum Gasteiger partial charge on any atom is -0.338 e. The molecule has 0 bridgehead atoms. The summed E-state index contributed by atoms with van der Waals surface area (Å²) in [6.07, 6.45) is 2.17. The van der Waals surface area contributed by atoms with Crippen molar-refractivity contribution in [3.05, 3.63) is 33.4 Å². The molecule has 0 aliphatic heterocycles. The van der Waals surface area contributed by atoms with Gasteiger partial charge in [0.2, 0.25) is 5.91 Å². The first-order chi connectivity index (χ1) is 7.70. The van der Waals surface area contributed by atoms with Gasteiger partial charge < -0.3 is 4.90 Å². The SMILES string of the molecule is CCN(Cc1cccc(I)c1)C(=O)C1CC1. The third-order valence-corrected chi connectivity index (χ3v) is 3.55. The van der Waals surface area contributed by atoms with Crippen LogP contribution in [0, 0.1) is 9.49 Å². The molecule has 0 spiro atoms. The normalized spacial score (nSPS) is 14.9. The van der Waals surface area contributed by atoms with E-state index in [1.807, 2.05) is 17.9 Å². The molecule has 0 heterocycles. The number of rotatable bonds is 4. The highest BCUT2D eigenvalue weighted by molar-refractivity contribution is 14.1. The van der Waals surface area contributed by atoms with Gasteiger partial charge in [0.05, 0.1) is 0 Å². The molecular formula is C13H16INO. The van der Waals surface area contributed by atoms with E-state index in [0.717, 1.165) is 25.9 Å². The average Bonchev–Trinajstić information content (AvgIpc) is 3.09. The van der Waals surface area contributed by atoms with Crippen molar-refractivity contribution in [3.8, 4) is 0 Å². The monoisotopic (exact) mass is 329 g/mol. The molecule has 3 heteroatoms. The molecule has 0 saturated heterocycles. The Kier molecular flexibility index (Phi) is 3.84. The summed E-state index contributed by atoms with van der Waals surface area (Å²) in [6.45, 7) is 3.61. The molecule has 86 valence electrons. The summed E-state index contributed by atoms with van der Waals surface area (Å²) in [5.74, 6) is 0.657. The van der Waals surface area contributed by atoms with Gasteiger partial charge in [-0.1, -0.05) is 12.1 Å². The zero-order valence-electron chi connectivity index (χ0n) is 9.45. The number of hydrogen-bond donors (Lipinski definition) is 0. The van der Waals surface area contributed by atoms with Crippen LogP contribution in [0.3, 0.4) is 0 Å². The largest absolute Gasteiger partial charge is 0.338 e. The van der Waals surface area contributed by atoms with Gasteiger partial charge in [0, 0.05) is 22.6 Å². The molecule has 1 aliphatic carbocycles. The fraction of sp³-hybridized carbons (Fsp3) is 0.462. The Labute approximate surface area is 110 Å². The molecule has 1 aromatic carbocycles. The second kappa shape index (κ2) is 5.17. The Balaban J connectivity index is 2.03. The van der Waals surface area contributed by atoms with E-state index in [2.05, 4.69) is 40.8 Å². The Morgan fingerprint density at radius 3 is 2.81 bits per heavy atom. The maximum atomic E-state index is 11.9. The molecule has 2 nitrogen and oxygen atoms in total. The number of carbonyl (C=O) groups excluding carboxylic acids is 1. The van der Waals surface area contributed by atoms with Gasteiger partial charge in [0.1, 0.15) is 0 Å². The third-order valence-electron chi connectivity index (χ3n) is 2.88. The van der Waals surface area contributed by atoms with Crippen molar-refractivity contribution in [2.75, 3.05) is 6.54 Å². The highest BCUT2D eigenvalue weighted by Crippen LogP contribution is 2.31. The lowest BCUT2D eigenvalue weighted by atomic mass is 10.2. The Hall–Kier alpha value is -0.580. The van der Waals surface area contributed by atoms with Crippen molar-refractivity contribution in [1.82, 2.24) is 4.90 Å². The van der Waals surface area contributed by atoms with E-state index in [1.165, 1.54) is 9.13 Å². The lowest BCUT2D eigenvalue weighted by Crippen LogP contribution is -2.31. The van der Waals surface area contributed by atoms with Gasteiger partial charge in [-0.15, -0.1) is 0 Å². The minimum atomic E-state index is 0.322. The average molecular weight is 329 g/mol. The fourth-order valence-corrected chi connectivity index (χ4v) is 2.40. The molecule has 1 aliphatic rings. The second-order valence-electron chi connectivity index (χ2n) is 4.26. The molecule has 0 aromatic heterocycles. The first-order valence-corrected chi connectivity index (χ1v) is 6.82. The minimum absolute atomic E-state index is 0.322. The van der Waals surface area contributed by atoms with E-state index in [9.17, 15) is 4.79 Å². The van der Waals surface area contributed by atoms with Gasteiger partial charge >= 0.3 is 0 Å². The van der Waals surface area contributed by atoms with Gasteiger partial charge in [-0.05, 0) is 60.1 Å². The highest BCUT2D eigenvalue weighted by Gasteiger charge is 2.32. The molecule has 1 saturated carbocycles. The number of benzene rings is 1. The standard InChI is InChI=1S/C13H16INO/c1-2-15(13(16)11-6-7-11)9-10-4-3-5-12(14)8-10/h3-5,8,11H,2,6-7,9H2,1H3. The van der Waals surface area contributed by atoms with E-state index >= 15 is 0 Å². The van der Waals surface area contributed by atoms with Crippen LogP contribution in [0.4, 0.5) is 0 Å². The topological polar surface area (TPSA) is 20.3 Å². The molecular weight excluding hydrogens is 313 g/mol. The highest BCUT2D eigenvalue weighted by atomic mass is 127. The van der Waals surface area contributed by atoms with Crippen LogP contribution in [0.15, 0.2) is 24.3 Å². The van der Waals surface area contributed by atoms with Crippen molar-refractivity contribution in [2.24, 2.45) is 5.92 Å². The van der Waals surface area contributed by atoms with Crippen LogP contribution in [0.5, 0.6) is 0 Å². The molecule has 0 radical (unpaired) electrons. The summed E-state index contributed by atoms with van der Waals surface area (Å²) in [5, 5.41) is 0. The molecule has 0 N–H and O–H groups in total. The molecule has 2 rings (SSSR count). The molecule has 1 fully saturated rings. The van der Waals surface area contributed by atoms with Crippen molar-refractivity contribution in [1.29, 1.82) is 0 Å². The zero-order valence-corrected chi connectivity index (χ0v) is 11.6. The Bertz CT molecular complexity index is 387. The van der Waals surface area contributed by atoms with Gasteiger partial charge in [-0.25, -0.2) is 0 Å². The maximum Gasteiger partial charge on any atom is 0.225 e. The van der Waals surface area contributed by atoms with Crippen LogP contribution in [0.1, 0.15) is 25.3 Å². The first kappa shape index (κ1) is 11.9. The summed E-state index contributed by atoms with van der Waals surface area (Å²) in [7, 11) is 0. The van der Waals surface area contributed by atoms with E-state index in [1.54, 1.807) is 0 Å². The van der Waals surface area contributed by atoms with Gasteiger partial charge in [0.25, 0.3) is 0 Å². The predicted molar refractivity (Wildman–Crippen MR) is 73.0 cm³/mol. The van der Waals surface area contributed by atoms with Crippen LogP contribution in [0.25, 0.3) is 0 Å². The Morgan fingerprint density at radius 2 is 2.25 bits per heavy atom. The van der Waals surface area contributed by atoms with Crippen LogP contribution in [-0.4, -0.2) is 17.4 Å². The molecule has 0 atom stereocenters. The van der Waals surface area contributed by atoms with E-state index in [0.29, 0.717) is 11.8 Å². The van der Waals surface area contributed by atoms with Crippen LogP contribution >= 0.6 is 22.6 Å². The van der Waals surface area contributed by atoms with Crippen molar-refractivity contribution in [2.45, 2.75) is 26.3 Å². The van der Waals surface area contributed by atoms with Crippen molar-refractivity contribution < 1.29 is 4.79 Å². The number of carbonyl (C=O) groups is 1. The number of hydrogen-bond acceptors (Lipinski definition) is 1. The number of halogens is 1. The first-order valence-electron chi connectivity index (χ1n) is 5.74. The molecule has 0 unspecified atom stereocenters. The van der Waals surface area contributed by atoms with E-state index in [-0.39, 0.29) is 0 Å². The predicted octanol–water partition coefficient (Wildman–Crippen LogP) is 3.05. The summed E-state index contributed by atoms with van der Waals surface area (Å²) >= 11 is 2.30. The molecule has 16 heavy (non-hydrogen) atoms. The molecule has 1 amide bonds. The maximum absolute atomic E-state index is 11.9. The molecule has 1 aromatic rings. The Morgan fingerprint density at radius 1 is 1.50 bits per heavy atom. The van der Waals surface area contributed by atoms with Crippen LogP contribution < -0.4 is 0 Å². The van der Waals surface area contributed by atoms with Crippen LogP contribution in [-0.2, 0) is 11.3 Å². The quantitative estimate of drug-likeness (QED) is 0.778. The van der Waals surface area contributed by atoms with E-state index < -0.39 is 0 Å². The lowest BCUT2D eigenvalue weighted by Gasteiger charge is -2.21. The summed E-state index contributed by atoms with van der Waals surface area (Å²) < 4.78 is 1.23. The smallest absolute Gasteiger partial charge is 0.225 e. The van der Waals surface area contributed by atoms with Gasteiger partial charge in [-0.3, -0.25) is 4.79 Å². The zero-order chi connectivity index (χ0) is 11.5. The van der Waals surface area contributed by atoms with Gasteiger partial charge in [-0.2, -0.15) is 0 Å². The van der Waals surface area contributed by atoms with E-state index in [4.69, 9.17) is 0 Å². The second-order valence-corrected chi connectivity index (χ2v) is 5.50. The number of amides is 1. The van der Waals surface area contributed by atoms with Crippen molar-refractivity contribution in [3.63, 3.8) is 0 Å². The van der Waals surface area contributed by atoms with Crippen LogP contribution in [0.2, 0.25) is 0 Å². The number of nitrogens with zero attached hydrogens (tertiary/aromatic N) is 1. The van der Waals surface area contributed by atoms with Gasteiger partial charge in [0.15, 0.2) is 0 Å². The summed E-state index contributed by atoms with van der Waals surface area (Å²) in [4.78, 5) is 13.9. The van der Waals surface area contributed by atoms with Crippen molar-refractivity contribution >= 4 is 28.5 Å². The lowest BCUT2D eigenvalue weighted by molar-refractivity contribution is -0.132.